The van der Waals surface area contributed by atoms with E-state index in [0.717, 1.165) is 25.7 Å². The topological polar surface area (TPSA) is 43.6 Å². The normalized spacial score (nSPS) is 15.2. The first-order valence-corrected chi connectivity index (χ1v) is 16.5. The molecule has 0 saturated heterocycles. The molecule has 4 nitrogen and oxygen atoms in total. The van der Waals surface area contributed by atoms with Crippen LogP contribution in [0.2, 0.25) is 0 Å². The van der Waals surface area contributed by atoms with Crippen molar-refractivity contribution in [2.24, 2.45) is 0 Å². The lowest BCUT2D eigenvalue weighted by Gasteiger charge is -2.17. The van der Waals surface area contributed by atoms with Gasteiger partial charge >= 0.3 is 0 Å². The van der Waals surface area contributed by atoms with E-state index in [1.165, 1.54) is 4.57 Å². The van der Waals surface area contributed by atoms with E-state index in [1.807, 2.05) is 48.5 Å². The standard InChI is InChI=1S/C45H28N4S/c1-3-14-29(15-4-1)43-46-44(30-16-5-2-6-17-30)48-45(47-43)35-27-26-31(32-21-13-25-41-42(32)36-20-9-12-24-40(36)50-41)28-39(35)49-37-22-10-7-18-33(37)34-19-8-11-23-38(34)49/h1-28H/i1D,3D,4D,7D,8D,10D,11D,14D,15D,18D,19D,22D,23D. The third-order valence-electron chi connectivity index (χ3n) is 8.62. The molecule has 0 saturated carbocycles. The van der Waals surface area contributed by atoms with Gasteiger partial charge in [-0.25, -0.2) is 15.0 Å². The number of rotatable bonds is 5. The summed E-state index contributed by atoms with van der Waals surface area (Å²) in [6.45, 7) is 0. The van der Waals surface area contributed by atoms with E-state index in [-0.39, 0.29) is 56.1 Å². The van der Waals surface area contributed by atoms with Gasteiger partial charge in [-0.2, -0.15) is 0 Å². The molecule has 0 aliphatic carbocycles. The minimum absolute atomic E-state index is 0.0666. The van der Waals surface area contributed by atoms with E-state index in [1.54, 1.807) is 53.8 Å². The summed E-state index contributed by atoms with van der Waals surface area (Å²) in [7, 11) is 0. The first-order chi connectivity index (χ1) is 30.2. The van der Waals surface area contributed by atoms with Crippen LogP contribution in [0.25, 0.3) is 93.0 Å². The van der Waals surface area contributed by atoms with E-state index in [2.05, 4.69) is 4.98 Å². The van der Waals surface area contributed by atoms with Crippen LogP contribution in [-0.2, 0) is 0 Å². The Morgan fingerprint density at radius 2 is 1.10 bits per heavy atom. The highest BCUT2D eigenvalue weighted by molar-refractivity contribution is 7.25. The monoisotopic (exact) mass is 669 g/mol. The summed E-state index contributed by atoms with van der Waals surface area (Å²) in [6, 6.07) is 20.7. The van der Waals surface area contributed by atoms with E-state index in [0.29, 0.717) is 11.1 Å². The Morgan fingerprint density at radius 1 is 0.460 bits per heavy atom. The van der Waals surface area contributed by atoms with Gasteiger partial charge in [0.1, 0.15) is 0 Å². The van der Waals surface area contributed by atoms with Crippen LogP contribution in [0, 0.1) is 0 Å². The quantitative estimate of drug-likeness (QED) is 0.183. The second-order valence-electron chi connectivity index (χ2n) is 11.5. The van der Waals surface area contributed by atoms with Gasteiger partial charge in [-0.1, -0.05) is 133 Å². The van der Waals surface area contributed by atoms with Gasteiger partial charge in [-0.3, -0.25) is 0 Å². The molecule has 7 aromatic carbocycles. The summed E-state index contributed by atoms with van der Waals surface area (Å²) in [5, 5.41) is 1.72. The van der Waals surface area contributed by atoms with E-state index in [9.17, 15) is 2.74 Å². The van der Waals surface area contributed by atoms with Crippen molar-refractivity contribution in [3.8, 4) is 51.0 Å². The van der Waals surface area contributed by atoms with Gasteiger partial charge < -0.3 is 4.57 Å². The summed E-state index contributed by atoms with van der Waals surface area (Å²) in [5.74, 6) is -0.229. The summed E-state index contributed by atoms with van der Waals surface area (Å²) < 4.78 is 118. The fourth-order valence-corrected chi connectivity index (χ4v) is 7.57. The molecule has 10 rings (SSSR count). The zero-order valence-electron chi connectivity index (χ0n) is 38.9. The highest BCUT2D eigenvalue weighted by Gasteiger charge is 2.21. The van der Waals surface area contributed by atoms with Crippen molar-refractivity contribution in [2.75, 3.05) is 0 Å². The first-order valence-electron chi connectivity index (χ1n) is 22.1. The number of para-hydroxylation sites is 2. The lowest BCUT2D eigenvalue weighted by molar-refractivity contribution is 1.06. The van der Waals surface area contributed by atoms with E-state index >= 15 is 0 Å². The minimum Gasteiger partial charge on any atom is -0.308 e. The fraction of sp³-hybridized carbons (Fsp3) is 0. The summed E-state index contributed by atoms with van der Waals surface area (Å²) in [5.41, 5.74) is 1.79. The molecular formula is C45H28N4S. The number of hydrogen-bond donors (Lipinski definition) is 0. The van der Waals surface area contributed by atoms with Gasteiger partial charge in [-0.15, -0.1) is 11.3 Å². The molecular weight excluding hydrogens is 629 g/mol. The van der Waals surface area contributed by atoms with Crippen molar-refractivity contribution >= 4 is 53.3 Å². The molecule has 3 heterocycles. The Balaban J connectivity index is 1.40. The van der Waals surface area contributed by atoms with Crippen molar-refractivity contribution in [3.05, 3.63) is 170 Å². The predicted octanol–water partition coefficient (Wildman–Crippen LogP) is 12.0. The van der Waals surface area contributed by atoms with Crippen molar-refractivity contribution in [1.29, 1.82) is 0 Å². The van der Waals surface area contributed by atoms with Gasteiger partial charge in [0.15, 0.2) is 17.5 Å². The molecule has 3 aromatic heterocycles. The zero-order chi connectivity index (χ0) is 44.3. The lowest BCUT2D eigenvalue weighted by atomic mass is 9.97. The summed E-state index contributed by atoms with van der Waals surface area (Å²) in [6.07, 6.45) is 0. The van der Waals surface area contributed by atoms with E-state index < -0.39 is 78.6 Å². The highest BCUT2D eigenvalue weighted by Crippen LogP contribution is 2.43. The van der Waals surface area contributed by atoms with Crippen LogP contribution in [0.1, 0.15) is 17.8 Å². The maximum Gasteiger partial charge on any atom is 0.166 e. The molecule has 0 spiro atoms. The first kappa shape index (κ1) is 18.4. The van der Waals surface area contributed by atoms with Crippen LogP contribution >= 0.6 is 11.3 Å². The molecule has 5 heteroatoms. The average molecular weight is 670 g/mol. The minimum atomic E-state index is -0.599. The van der Waals surface area contributed by atoms with Gasteiger partial charge in [-0.05, 0) is 47.5 Å². The SMILES string of the molecule is [2H]c1c([2H])c([2H])c(-c2nc(-c3ccccc3)nc(-c3ccc(-c4cccc5sc6ccccc6c45)cc3-n3c4c([2H])c([2H])c([2H])c([2H])c4c4c([2H])c([2H])c([2H])c([2H])c43)n2)c([2H])c1[2H]. The molecule has 0 aliphatic rings. The summed E-state index contributed by atoms with van der Waals surface area (Å²) >= 11 is 1.62. The lowest BCUT2D eigenvalue weighted by Crippen LogP contribution is -2.04. The molecule has 0 aliphatic heterocycles. The maximum atomic E-state index is 9.30. The number of hydrogen-bond acceptors (Lipinski definition) is 4. The van der Waals surface area contributed by atoms with Crippen LogP contribution in [0.3, 0.4) is 0 Å². The zero-order valence-corrected chi connectivity index (χ0v) is 26.7. The molecule has 0 amide bonds. The van der Waals surface area contributed by atoms with Crippen LogP contribution in [0.5, 0.6) is 0 Å². The number of benzene rings is 7. The Labute approximate surface area is 310 Å². The smallest absolute Gasteiger partial charge is 0.166 e. The molecule has 0 atom stereocenters. The second-order valence-corrected chi connectivity index (χ2v) is 12.5. The third kappa shape index (κ3) is 4.63. The maximum absolute atomic E-state index is 9.30. The number of fused-ring (bicyclic) bond motifs is 6. The number of nitrogens with zero attached hydrogens (tertiary/aromatic N) is 4. The third-order valence-corrected chi connectivity index (χ3v) is 9.75. The van der Waals surface area contributed by atoms with E-state index in [4.69, 9.17) is 25.0 Å². The summed E-state index contributed by atoms with van der Waals surface area (Å²) in [4.78, 5) is 14.3. The molecule has 10 aromatic rings. The number of thiophene rings is 1. The Kier molecular flexibility index (Phi) is 4.27. The molecule has 0 unspecified atom stereocenters. The fourth-order valence-electron chi connectivity index (χ4n) is 6.44. The predicted molar refractivity (Wildman–Crippen MR) is 209 cm³/mol. The molecule has 234 valence electrons. The van der Waals surface area contributed by atoms with Gasteiger partial charge in [0, 0.05) is 47.6 Å². The second kappa shape index (κ2) is 11.6. The molecule has 0 radical (unpaired) electrons. The van der Waals surface area contributed by atoms with Crippen molar-refractivity contribution < 1.29 is 17.8 Å². The van der Waals surface area contributed by atoms with Gasteiger partial charge in [0.2, 0.25) is 0 Å². The van der Waals surface area contributed by atoms with Crippen molar-refractivity contribution in [3.63, 3.8) is 0 Å². The van der Waals surface area contributed by atoms with Gasteiger partial charge in [0.25, 0.3) is 0 Å². The highest BCUT2D eigenvalue weighted by atomic mass is 32.1. The van der Waals surface area contributed by atoms with Crippen LogP contribution in [0.4, 0.5) is 0 Å². The van der Waals surface area contributed by atoms with Crippen LogP contribution in [0.15, 0.2) is 170 Å². The van der Waals surface area contributed by atoms with Crippen LogP contribution < -0.4 is 0 Å². The molecule has 0 N–H and O–H groups in total. The molecule has 50 heavy (non-hydrogen) atoms. The molecule has 0 fully saturated rings. The van der Waals surface area contributed by atoms with Crippen LogP contribution in [-0.4, -0.2) is 19.5 Å². The average Bonchev–Trinajstić information content (AvgIpc) is 3.87. The Morgan fingerprint density at radius 3 is 1.88 bits per heavy atom. The van der Waals surface area contributed by atoms with Gasteiger partial charge in [0.05, 0.1) is 34.5 Å². The van der Waals surface area contributed by atoms with Crippen molar-refractivity contribution in [2.45, 2.75) is 0 Å². The Hall–Kier alpha value is -6.43. The molecule has 0 bridgehead atoms. The number of aromatic nitrogens is 4. The Bertz CT molecular complexity index is 3520. The largest absolute Gasteiger partial charge is 0.308 e. The van der Waals surface area contributed by atoms with Crippen molar-refractivity contribution in [1.82, 2.24) is 19.5 Å².